The fraction of sp³-hybridized carbons (Fsp3) is 0.511. The smallest absolute Gasteiger partial charge is 0.264 e. The molecule has 2 fully saturated rings. The van der Waals surface area contributed by atoms with Crippen LogP contribution in [0.3, 0.4) is 0 Å². The Labute approximate surface area is 366 Å². The van der Waals surface area contributed by atoms with Crippen molar-refractivity contribution in [1.82, 2.24) is 35.7 Å². The summed E-state index contributed by atoms with van der Waals surface area (Å²) in [4.78, 5) is 91.0. The minimum atomic E-state index is -0.999. The van der Waals surface area contributed by atoms with Gasteiger partial charge in [-0.25, -0.2) is 9.97 Å². The van der Waals surface area contributed by atoms with E-state index in [1.165, 1.54) is 6.33 Å². The van der Waals surface area contributed by atoms with Crippen molar-refractivity contribution in [3.8, 4) is 0 Å². The first-order valence-corrected chi connectivity index (χ1v) is 22.3. The quantitative estimate of drug-likeness (QED) is 0.0855. The second-order valence-corrected chi connectivity index (χ2v) is 17.0. The van der Waals surface area contributed by atoms with Crippen LogP contribution in [0.5, 0.6) is 0 Å². The molecule has 4 heterocycles. The number of amides is 6. The topological polar surface area (TPSA) is 206 Å². The molecule has 17 heteroatoms. The van der Waals surface area contributed by atoms with E-state index in [-0.39, 0.29) is 41.7 Å². The number of halogens is 1. The maximum absolute atomic E-state index is 14.0. The number of piperazine rings is 1. The normalized spacial score (nSPS) is 20.2. The van der Waals surface area contributed by atoms with Crippen LogP contribution in [0.2, 0.25) is 5.02 Å². The molecule has 3 aliphatic heterocycles. The SMILES string of the molecule is CC1CC(O)c2ncnc(N3CCN(C(=O)C(CNCCC(=O)NCCCCCCCCNc4cccc5c4C(=O)N(C4CCC(=O)NC4=O)C5=O)c4ccc(Cl)cc4)CC3)c21. The highest BCUT2D eigenvalue weighted by atomic mass is 35.5. The van der Waals surface area contributed by atoms with Crippen molar-refractivity contribution in [1.29, 1.82) is 0 Å². The first kappa shape index (κ1) is 44.6. The van der Waals surface area contributed by atoms with E-state index in [4.69, 9.17) is 11.6 Å². The van der Waals surface area contributed by atoms with Gasteiger partial charge in [0, 0.05) is 81.5 Å². The average molecular weight is 870 g/mol. The Morgan fingerprint density at radius 1 is 0.903 bits per heavy atom. The van der Waals surface area contributed by atoms with Crippen LogP contribution < -0.4 is 26.2 Å². The van der Waals surface area contributed by atoms with Gasteiger partial charge < -0.3 is 30.9 Å². The Bertz CT molecular complexity index is 2150. The third kappa shape index (κ3) is 10.2. The summed E-state index contributed by atoms with van der Waals surface area (Å²) in [5.74, 6) is -1.54. The molecule has 2 saturated heterocycles. The van der Waals surface area contributed by atoms with Crippen molar-refractivity contribution in [2.45, 2.75) is 95.1 Å². The number of piperidine rings is 1. The maximum Gasteiger partial charge on any atom is 0.264 e. The lowest BCUT2D eigenvalue weighted by Gasteiger charge is -2.38. The van der Waals surface area contributed by atoms with Gasteiger partial charge in [-0.1, -0.05) is 62.4 Å². The van der Waals surface area contributed by atoms with Gasteiger partial charge in [0.25, 0.3) is 11.8 Å². The van der Waals surface area contributed by atoms with Gasteiger partial charge in [-0.2, -0.15) is 0 Å². The zero-order chi connectivity index (χ0) is 43.8. The number of aromatic nitrogens is 2. The standard InChI is InChI=1S/C45H56ClN9O7/c1-28-25-35(56)40-38(28)41(51-27-50-40)53-21-23-54(24-22-53)43(60)32(29-11-13-30(46)14-12-29)26-47-20-17-36(57)49-19-7-5-3-2-4-6-18-48-33-10-8-9-31-39(33)45(62)55(44(31)61)34-15-16-37(58)52-42(34)59/h8-14,27-28,32,34-35,47-48,56H,2-7,15-26H2,1H3,(H,49,57)(H,52,58,59). The second kappa shape index (κ2) is 20.6. The highest BCUT2D eigenvalue weighted by Gasteiger charge is 2.45. The Morgan fingerprint density at radius 3 is 2.37 bits per heavy atom. The summed E-state index contributed by atoms with van der Waals surface area (Å²) < 4.78 is 0. The minimum absolute atomic E-state index is 0.0190. The number of benzene rings is 2. The lowest BCUT2D eigenvalue weighted by molar-refractivity contribution is -0.136. The second-order valence-electron chi connectivity index (χ2n) is 16.6. The summed E-state index contributed by atoms with van der Waals surface area (Å²) in [6.07, 6.45) is 7.78. The number of unbranched alkanes of at least 4 members (excludes halogenated alkanes) is 5. The van der Waals surface area contributed by atoms with Crippen LogP contribution in [0.15, 0.2) is 48.8 Å². The summed E-state index contributed by atoms with van der Waals surface area (Å²) in [7, 11) is 0. The zero-order valence-electron chi connectivity index (χ0n) is 35.2. The van der Waals surface area contributed by atoms with Crippen LogP contribution in [0, 0.1) is 0 Å². The molecule has 7 rings (SSSR count). The molecule has 5 N–H and O–H groups in total. The molecule has 4 atom stereocenters. The summed E-state index contributed by atoms with van der Waals surface area (Å²) in [6, 6.07) is 11.4. The third-order valence-electron chi connectivity index (χ3n) is 12.3. The maximum atomic E-state index is 14.0. The van der Waals surface area contributed by atoms with Gasteiger partial charge in [-0.05, 0) is 61.4 Å². The molecule has 62 heavy (non-hydrogen) atoms. The number of nitrogens with zero attached hydrogens (tertiary/aromatic N) is 5. The first-order chi connectivity index (χ1) is 30.0. The third-order valence-corrected chi connectivity index (χ3v) is 12.6. The molecule has 2 aromatic carbocycles. The molecule has 0 radical (unpaired) electrons. The van der Waals surface area contributed by atoms with Crippen molar-refractivity contribution in [3.63, 3.8) is 0 Å². The summed E-state index contributed by atoms with van der Waals surface area (Å²) >= 11 is 6.18. The van der Waals surface area contributed by atoms with Gasteiger partial charge in [0.1, 0.15) is 18.2 Å². The number of nitrogens with one attached hydrogen (secondary N) is 4. The van der Waals surface area contributed by atoms with Crippen LogP contribution in [0.4, 0.5) is 11.5 Å². The van der Waals surface area contributed by atoms with Crippen molar-refractivity contribution >= 4 is 58.5 Å². The van der Waals surface area contributed by atoms with E-state index in [9.17, 15) is 33.9 Å². The van der Waals surface area contributed by atoms with Gasteiger partial charge in [0.15, 0.2) is 0 Å². The molecule has 0 spiro atoms. The lowest BCUT2D eigenvalue weighted by Crippen LogP contribution is -2.54. The summed E-state index contributed by atoms with van der Waals surface area (Å²) in [6.45, 7) is 6.44. The fourth-order valence-electron chi connectivity index (χ4n) is 8.96. The van der Waals surface area contributed by atoms with Crippen molar-refractivity contribution in [3.05, 3.63) is 81.8 Å². The molecule has 6 amide bonds. The van der Waals surface area contributed by atoms with E-state index >= 15 is 0 Å². The van der Waals surface area contributed by atoms with Crippen LogP contribution in [-0.2, 0) is 19.2 Å². The molecule has 1 aliphatic carbocycles. The molecule has 330 valence electrons. The number of fused-ring (bicyclic) bond motifs is 2. The van der Waals surface area contributed by atoms with Crippen molar-refractivity contribution in [2.75, 3.05) is 62.6 Å². The highest BCUT2D eigenvalue weighted by molar-refractivity contribution is 6.30. The molecule has 0 saturated carbocycles. The van der Waals surface area contributed by atoms with E-state index in [2.05, 4.69) is 43.1 Å². The number of carbonyl (C=O) groups excluding carboxylic acids is 6. The Kier molecular flexibility index (Phi) is 14.8. The number of aliphatic hydroxyl groups excluding tert-OH is 1. The van der Waals surface area contributed by atoms with Gasteiger partial charge in [0.05, 0.1) is 28.8 Å². The highest BCUT2D eigenvalue weighted by Crippen LogP contribution is 2.43. The van der Waals surface area contributed by atoms with E-state index in [0.29, 0.717) is 81.6 Å². The van der Waals surface area contributed by atoms with Crippen molar-refractivity contribution in [2.24, 2.45) is 0 Å². The Balaban J connectivity index is 0.766. The monoisotopic (exact) mass is 869 g/mol. The van der Waals surface area contributed by atoms with Crippen LogP contribution in [0.25, 0.3) is 0 Å². The fourth-order valence-corrected chi connectivity index (χ4v) is 9.09. The zero-order valence-corrected chi connectivity index (χ0v) is 35.9. The van der Waals surface area contributed by atoms with Crippen LogP contribution in [-0.4, -0.2) is 119 Å². The summed E-state index contributed by atoms with van der Waals surface area (Å²) in [5, 5.41) is 22.9. The molecule has 4 unspecified atom stereocenters. The number of hydrogen-bond donors (Lipinski definition) is 5. The van der Waals surface area contributed by atoms with Gasteiger partial charge in [-0.15, -0.1) is 0 Å². The van der Waals surface area contributed by atoms with Gasteiger partial charge in [0.2, 0.25) is 23.6 Å². The largest absolute Gasteiger partial charge is 0.387 e. The van der Waals surface area contributed by atoms with Crippen molar-refractivity contribution < 1.29 is 33.9 Å². The number of hydrogen-bond acceptors (Lipinski definition) is 12. The number of rotatable bonds is 19. The molecule has 16 nitrogen and oxygen atoms in total. The average Bonchev–Trinajstić information content (AvgIpc) is 3.71. The van der Waals surface area contributed by atoms with E-state index in [0.717, 1.165) is 60.4 Å². The predicted molar refractivity (Wildman–Crippen MR) is 233 cm³/mol. The number of aliphatic hydroxyl groups is 1. The molecule has 4 aliphatic rings. The van der Waals surface area contributed by atoms with E-state index in [1.54, 1.807) is 30.3 Å². The predicted octanol–water partition coefficient (Wildman–Crippen LogP) is 4.05. The molecular formula is C45H56ClN9O7. The lowest BCUT2D eigenvalue weighted by atomic mass is 9.97. The Hall–Kier alpha value is -5.45. The molecule has 3 aromatic rings. The number of carbonyl (C=O) groups is 6. The van der Waals surface area contributed by atoms with Gasteiger partial charge >= 0.3 is 0 Å². The number of anilines is 2. The first-order valence-electron chi connectivity index (χ1n) is 21.9. The molecule has 0 bridgehead atoms. The van der Waals surface area contributed by atoms with E-state index < -0.39 is 41.7 Å². The molecule has 1 aromatic heterocycles. The minimum Gasteiger partial charge on any atom is -0.387 e. The van der Waals surface area contributed by atoms with Crippen LogP contribution >= 0.6 is 11.6 Å². The Morgan fingerprint density at radius 2 is 1.63 bits per heavy atom. The van der Waals surface area contributed by atoms with Gasteiger partial charge in [-0.3, -0.25) is 39.0 Å². The van der Waals surface area contributed by atoms with E-state index in [1.807, 2.05) is 17.0 Å². The number of imide groups is 2. The van der Waals surface area contributed by atoms with Crippen LogP contribution in [0.1, 0.15) is 127 Å². The summed E-state index contributed by atoms with van der Waals surface area (Å²) in [5.41, 5.74) is 3.65. The molecular weight excluding hydrogens is 814 g/mol.